The van der Waals surface area contributed by atoms with Crippen LogP contribution in [0.4, 0.5) is 0 Å². The second-order valence-electron chi connectivity index (χ2n) is 7.28. The van der Waals surface area contributed by atoms with Gasteiger partial charge in [0.15, 0.2) is 0 Å². The molecule has 2 aliphatic carbocycles. The van der Waals surface area contributed by atoms with Crippen LogP contribution in [0.3, 0.4) is 0 Å². The zero-order valence-electron chi connectivity index (χ0n) is 13.0. The van der Waals surface area contributed by atoms with Crippen molar-refractivity contribution in [3.05, 3.63) is 0 Å². The molecule has 3 aliphatic rings. The van der Waals surface area contributed by atoms with Crippen molar-refractivity contribution in [1.82, 2.24) is 15.5 Å². The van der Waals surface area contributed by atoms with E-state index >= 15 is 0 Å². The van der Waals surface area contributed by atoms with E-state index in [0.29, 0.717) is 5.92 Å². The molecule has 0 aromatic carbocycles. The van der Waals surface area contributed by atoms with Crippen LogP contribution in [0, 0.1) is 11.8 Å². The quantitative estimate of drug-likeness (QED) is 0.817. The molecule has 3 atom stereocenters. The third-order valence-corrected chi connectivity index (χ3v) is 6.10. The Bertz CT molecular complexity index is 363. The van der Waals surface area contributed by atoms with Gasteiger partial charge in [-0.3, -0.25) is 4.79 Å². The van der Waals surface area contributed by atoms with Crippen molar-refractivity contribution in [3.63, 3.8) is 0 Å². The van der Waals surface area contributed by atoms with Gasteiger partial charge in [-0.1, -0.05) is 19.3 Å². The van der Waals surface area contributed by atoms with E-state index in [-0.39, 0.29) is 17.5 Å². The lowest BCUT2D eigenvalue weighted by molar-refractivity contribution is -0.124. The summed E-state index contributed by atoms with van der Waals surface area (Å²) in [5.41, 5.74) is 0.198. The Kier molecular flexibility index (Phi) is 4.04. The molecule has 3 unspecified atom stereocenters. The molecule has 4 heteroatoms. The summed E-state index contributed by atoms with van der Waals surface area (Å²) in [6.45, 7) is 1.86. The molecule has 0 aromatic rings. The lowest BCUT2D eigenvalue weighted by Gasteiger charge is -2.37. The minimum atomic E-state index is 0.0723. The van der Waals surface area contributed by atoms with Crippen molar-refractivity contribution in [2.75, 3.05) is 27.2 Å². The predicted octanol–water partition coefficient (Wildman–Crippen LogP) is 1.37. The monoisotopic (exact) mass is 279 g/mol. The number of hydrogen-bond donors (Lipinski definition) is 2. The van der Waals surface area contributed by atoms with Gasteiger partial charge < -0.3 is 15.5 Å². The fraction of sp³-hybridized carbons (Fsp3) is 0.938. The molecular weight excluding hydrogens is 250 g/mol. The smallest absolute Gasteiger partial charge is 0.237 e. The maximum Gasteiger partial charge on any atom is 0.237 e. The van der Waals surface area contributed by atoms with Crippen LogP contribution in [0.1, 0.15) is 44.9 Å². The van der Waals surface area contributed by atoms with E-state index in [1.807, 2.05) is 0 Å². The van der Waals surface area contributed by atoms with Gasteiger partial charge in [0.1, 0.15) is 0 Å². The lowest BCUT2D eigenvalue weighted by atomic mass is 9.92. The maximum absolute atomic E-state index is 12.5. The molecule has 3 fully saturated rings. The van der Waals surface area contributed by atoms with Crippen molar-refractivity contribution in [3.8, 4) is 0 Å². The van der Waals surface area contributed by atoms with Crippen LogP contribution in [-0.2, 0) is 4.79 Å². The van der Waals surface area contributed by atoms with Crippen LogP contribution in [0.25, 0.3) is 0 Å². The number of fused-ring (bicyclic) bond motifs is 1. The molecule has 20 heavy (non-hydrogen) atoms. The Morgan fingerprint density at radius 1 is 1.25 bits per heavy atom. The molecule has 2 saturated carbocycles. The topological polar surface area (TPSA) is 44.4 Å². The predicted molar refractivity (Wildman–Crippen MR) is 80.5 cm³/mol. The Hall–Kier alpha value is -0.610. The highest BCUT2D eigenvalue weighted by Crippen LogP contribution is 2.38. The number of nitrogens with one attached hydrogen (secondary N) is 2. The summed E-state index contributed by atoms with van der Waals surface area (Å²) in [5.74, 6) is 1.58. The second-order valence-corrected chi connectivity index (χ2v) is 7.28. The first kappa shape index (κ1) is 14.3. The van der Waals surface area contributed by atoms with Gasteiger partial charge in [-0.2, -0.15) is 0 Å². The Balaban J connectivity index is 1.56. The first-order valence-corrected chi connectivity index (χ1v) is 8.31. The first-order valence-electron chi connectivity index (χ1n) is 8.31. The van der Waals surface area contributed by atoms with Gasteiger partial charge in [0.2, 0.25) is 5.91 Å². The minimum Gasteiger partial charge on any atom is -0.353 e. The largest absolute Gasteiger partial charge is 0.353 e. The third kappa shape index (κ3) is 2.48. The highest BCUT2D eigenvalue weighted by Gasteiger charge is 2.43. The molecule has 0 bridgehead atoms. The van der Waals surface area contributed by atoms with Gasteiger partial charge in [0, 0.05) is 12.1 Å². The maximum atomic E-state index is 12.5. The fourth-order valence-electron chi connectivity index (χ4n) is 4.65. The van der Waals surface area contributed by atoms with Gasteiger partial charge in [0.25, 0.3) is 0 Å². The standard InChI is InChI=1S/C16H29N3O/c1-19(2)16(8-3-4-9-16)11-18-15(20)14-13-7-5-6-12(13)10-17-14/h12-14,17H,3-11H2,1-2H3,(H,18,20). The van der Waals surface area contributed by atoms with E-state index in [9.17, 15) is 4.79 Å². The molecular formula is C16H29N3O. The zero-order valence-corrected chi connectivity index (χ0v) is 13.0. The summed E-state index contributed by atoms with van der Waals surface area (Å²) in [7, 11) is 4.30. The van der Waals surface area contributed by atoms with Crippen molar-refractivity contribution in [2.45, 2.75) is 56.5 Å². The highest BCUT2D eigenvalue weighted by molar-refractivity contribution is 5.82. The van der Waals surface area contributed by atoms with Crippen LogP contribution in [0.2, 0.25) is 0 Å². The molecule has 4 nitrogen and oxygen atoms in total. The summed E-state index contributed by atoms with van der Waals surface area (Å²) >= 11 is 0. The van der Waals surface area contributed by atoms with Gasteiger partial charge in [-0.05, 0) is 58.2 Å². The van der Waals surface area contributed by atoms with Crippen molar-refractivity contribution in [2.24, 2.45) is 11.8 Å². The SMILES string of the molecule is CN(C)C1(CNC(=O)C2NCC3CCCC32)CCCC1. The normalized spacial score (nSPS) is 35.5. The minimum absolute atomic E-state index is 0.0723. The Labute approximate surface area is 122 Å². The molecule has 0 aromatic heterocycles. The highest BCUT2D eigenvalue weighted by atomic mass is 16.2. The van der Waals surface area contributed by atoms with Crippen LogP contribution in [0.15, 0.2) is 0 Å². The summed E-state index contributed by atoms with van der Waals surface area (Å²) in [6, 6.07) is 0.0723. The molecule has 114 valence electrons. The lowest BCUT2D eigenvalue weighted by Crippen LogP contribution is -2.54. The first-order chi connectivity index (χ1) is 9.62. The summed E-state index contributed by atoms with van der Waals surface area (Å²) in [4.78, 5) is 14.8. The van der Waals surface area contributed by atoms with Crippen molar-refractivity contribution < 1.29 is 4.79 Å². The Morgan fingerprint density at radius 2 is 2.00 bits per heavy atom. The number of rotatable bonds is 4. The van der Waals surface area contributed by atoms with Crippen LogP contribution < -0.4 is 10.6 Å². The molecule has 1 heterocycles. The third-order valence-electron chi connectivity index (χ3n) is 6.10. The molecule has 3 rings (SSSR count). The molecule has 1 aliphatic heterocycles. The number of nitrogens with zero attached hydrogens (tertiary/aromatic N) is 1. The van der Waals surface area contributed by atoms with Crippen molar-refractivity contribution >= 4 is 5.91 Å². The molecule has 1 amide bonds. The number of carbonyl (C=O) groups is 1. The average molecular weight is 279 g/mol. The van der Waals surface area contributed by atoms with Gasteiger partial charge in [0.05, 0.1) is 6.04 Å². The van der Waals surface area contributed by atoms with Crippen LogP contribution >= 0.6 is 0 Å². The summed E-state index contributed by atoms with van der Waals surface area (Å²) < 4.78 is 0. The van der Waals surface area contributed by atoms with E-state index < -0.39 is 0 Å². The summed E-state index contributed by atoms with van der Waals surface area (Å²) in [6.07, 6.45) is 8.86. The van der Waals surface area contributed by atoms with E-state index in [0.717, 1.165) is 19.0 Å². The van der Waals surface area contributed by atoms with E-state index in [1.54, 1.807) is 0 Å². The second kappa shape index (κ2) is 5.64. The number of hydrogen-bond acceptors (Lipinski definition) is 3. The number of likely N-dealkylation sites (N-methyl/N-ethyl adjacent to an activating group) is 1. The van der Waals surface area contributed by atoms with E-state index in [1.165, 1.54) is 44.9 Å². The summed E-state index contributed by atoms with van der Waals surface area (Å²) in [5, 5.41) is 6.71. The molecule has 0 radical (unpaired) electrons. The van der Waals surface area contributed by atoms with Crippen LogP contribution in [-0.4, -0.2) is 49.6 Å². The van der Waals surface area contributed by atoms with Gasteiger partial charge in [-0.15, -0.1) is 0 Å². The van der Waals surface area contributed by atoms with Gasteiger partial charge in [-0.25, -0.2) is 0 Å². The molecule has 0 spiro atoms. The van der Waals surface area contributed by atoms with Crippen LogP contribution in [0.5, 0.6) is 0 Å². The fourth-order valence-corrected chi connectivity index (χ4v) is 4.65. The van der Waals surface area contributed by atoms with Crippen molar-refractivity contribution in [1.29, 1.82) is 0 Å². The van der Waals surface area contributed by atoms with Gasteiger partial charge >= 0.3 is 0 Å². The molecule has 2 N–H and O–H groups in total. The Morgan fingerprint density at radius 3 is 2.70 bits per heavy atom. The van der Waals surface area contributed by atoms with E-state index in [4.69, 9.17) is 0 Å². The average Bonchev–Trinajstić information content (AvgIpc) is 3.12. The molecule has 1 saturated heterocycles. The zero-order chi connectivity index (χ0) is 14.2. The van der Waals surface area contributed by atoms with E-state index in [2.05, 4.69) is 29.6 Å². The number of carbonyl (C=O) groups excluding carboxylic acids is 1. The number of amides is 1.